The molecular formula is C15H21N3O. The number of hydrogen-bond acceptors (Lipinski definition) is 3. The second kappa shape index (κ2) is 4.76. The van der Waals surface area contributed by atoms with Crippen molar-refractivity contribution in [3.63, 3.8) is 0 Å². The van der Waals surface area contributed by atoms with Crippen LogP contribution in [-0.2, 0) is 0 Å². The van der Waals surface area contributed by atoms with Crippen molar-refractivity contribution in [3.8, 4) is 0 Å². The average molecular weight is 259 g/mol. The van der Waals surface area contributed by atoms with Crippen molar-refractivity contribution >= 4 is 17.3 Å². The number of rotatable bonds is 6. The van der Waals surface area contributed by atoms with E-state index >= 15 is 0 Å². The van der Waals surface area contributed by atoms with Gasteiger partial charge in [-0.15, -0.1) is 0 Å². The van der Waals surface area contributed by atoms with E-state index in [9.17, 15) is 4.79 Å². The van der Waals surface area contributed by atoms with E-state index in [1.165, 1.54) is 25.7 Å². The predicted octanol–water partition coefficient (Wildman–Crippen LogP) is 1.99. The van der Waals surface area contributed by atoms with Gasteiger partial charge in [0.2, 0.25) is 0 Å². The molecule has 2 aliphatic carbocycles. The third-order valence-electron chi connectivity index (χ3n) is 3.98. The lowest BCUT2D eigenvalue weighted by Crippen LogP contribution is -2.30. The molecule has 0 spiro atoms. The molecule has 0 radical (unpaired) electrons. The fourth-order valence-electron chi connectivity index (χ4n) is 2.52. The zero-order chi connectivity index (χ0) is 13.4. The summed E-state index contributed by atoms with van der Waals surface area (Å²) in [6.07, 6.45) is 5.23. The second-order valence-corrected chi connectivity index (χ2v) is 5.93. The van der Waals surface area contributed by atoms with Gasteiger partial charge < -0.3 is 16.4 Å². The number of primary amides is 1. The van der Waals surface area contributed by atoms with E-state index in [2.05, 4.69) is 4.90 Å². The van der Waals surface area contributed by atoms with E-state index < -0.39 is 0 Å². The van der Waals surface area contributed by atoms with E-state index in [0.717, 1.165) is 30.6 Å². The van der Waals surface area contributed by atoms with Crippen LogP contribution >= 0.6 is 0 Å². The van der Waals surface area contributed by atoms with E-state index in [-0.39, 0.29) is 5.91 Å². The quantitative estimate of drug-likeness (QED) is 0.767. The van der Waals surface area contributed by atoms with Gasteiger partial charge in [0.25, 0.3) is 5.91 Å². The maximum absolute atomic E-state index is 11.6. The highest BCUT2D eigenvalue weighted by molar-refractivity contribution is 5.99. The minimum atomic E-state index is -0.390. The molecule has 1 amide bonds. The van der Waals surface area contributed by atoms with Crippen LogP contribution in [0, 0.1) is 11.8 Å². The number of carbonyl (C=O) groups is 1. The van der Waals surface area contributed by atoms with Crippen molar-refractivity contribution in [3.05, 3.63) is 23.8 Å². The first-order chi connectivity index (χ1) is 9.13. The molecule has 1 aromatic rings. The molecule has 0 aliphatic heterocycles. The van der Waals surface area contributed by atoms with Gasteiger partial charge in [0.15, 0.2) is 0 Å². The number of hydrogen-bond donors (Lipinski definition) is 2. The van der Waals surface area contributed by atoms with Crippen LogP contribution in [0.3, 0.4) is 0 Å². The fourth-order valence-corrected chi connectivity index (χ4v) is 2.52. The molecule has 2 saturated carbocycles. The van der Waals surface area contributed by atoms with E-state index in [0.29, 0.717) is 11.3 Å². The number of nitrogens with zero attached hydrogens (tertiary/aromatic N) is 1. The molecular weight excluding hydrogens is 238 g/mol. The van der Waals surface area contributed by atoms with Crippen molar-refractivity contribution in [2.75, 3.05) is 23.7 Å². The Morgan fingerprint density at radius 1 is 1.16 bits per heavy atom. The minimum Gasteiger partial charge on any atom is -0.399 e. The van der Waals surface area contributed by atoms with Crippen molar-refractivity contribution in [1.82, 2.24) is 0 Å². The number of anilines is 2. The molecule has 4 heteroatoms. The third-order valence-corrected chi connectivity index (χ3v) is 3.98. The summed E-state index contributed by atoms with van der Waals surface area (Å²) in [7, 11) is 0. The molecule has 2 aliphatic rings. The highest BCUT2D eigenvalue weighted by atomic mass is 16.1. The Morgan fingerprint density at radius 3 is 2.21 bits per heavy atom. The summed E-state index contributed by atoms with van der Waals surface area (Å²) in [6.45, 7) is 2.08. The van der Waals surface area contributed by atoms with Gasteiger partial charge >= 0.3 is 0 Å². The van der Waals surface area contributed by atoms with Gasteiger partial charge in [-0.2, -0.15) is 0 Å². The van der Waals surface area contributed by atoms with Crippen LogP contribution in [0.5, 0.6) is 0 Å². The molecule has 0 aromatic heterocycles. The summed E-state index contributed by atoms with van der Waals surface area (Å²) in [6, 6.07) is 5.50. The first-order valence-corrected chi connectivity index (χ1v) is 7.08. The highest BCUT2D eigenvalue weighted by Gasteiger charge is 2.30. The molecule has 0 bridgehead atoms. The van der Waals surface area contributed by atoms with Crippen LogP contribution in [0.15, 0.2) is 18.2 Å². The van der Waals surface area contributed by atoms with Gasteiger partial charge in [-0.25, -0.2) is 0 Å². The Balaban J connectivity index is 1.88. The molecule has 0 unspecified atom stereocenters. The number of benzene rings is 1. The molecule has 2 fully saturated rings. The summed E-state index contributed by atoms with van der Waals surface area (Å²) in [5, 5.41) is 0. The Morgan fingerprint density at radius 2 is 1.74 bits per heavy atom. The van der Waals surface area contributed by atoms with Gasteiger partial charge in [0.05, 0.1) is 5.56 Å². The number of carbonyl (C=O) groups excluding carboxylic acids is 1. The van der Waals surface area contributed by atoms with Crippen molar-refractivity contribution in [1.29, 1.82) is 0 Å². The van der Waals surface area contributed by atoms with Crippen LogP contribution in [0.4, 0.5) is 11.4 Å². The van der Waals surface area contributed by atoms with Crippen molar-refractivity contribution < 1.29 is 4.79 Å². The second-order valence-electron chi connectivity index (χ2n) is 5.93. The van der Waals surface area contributed by atoms with Gasteiger partial charge in [0, 0.05) is 24.5 Å². The lowest BCUT2D eigenvalue weighted by atomic mass is 10.1. The molecule has 102 valence electrons. The zero-order valence-electron chi connectivity index (χ0n) is 11.1. The molecule has 1 aromatic carbocycles. The number of nitrogen functional groups attached to an aromatic ring is 1. The number of amides is 1. The monoisotopic (exact) mass is 259 g/mol. The molecule has 19 heavy (non-hydrogen) atoms. The van der Waals surface area contributed by atoms with Gasteiger partial charge in [-0.05, 0) is 55.7 Å². The molecule has 4 N–H and O–H groups in total. The standard InChI is InChI=1S/C15H21N3O/c16-12-5-6-14(13(7-12)15(17)19)18(8-10-1-2-10)9-11-3-4-11/h5-7,10-11H,1-4,8-9,16H2,(H2,17,19). The maximum Gasteiger partial charge on any atom is 0.250 e. The lowest BCUT2D eigenvalue weighted by Gasteiger charge is -2.26. The van der Waals surface area contributed by atoms with Gasteiger partial charge in [-0.3, -0.25) is 4.79 Å². The SMILES string of the molecule is NC(=O)c1cc(N)ccc1N(CC1CC1)CC1CC1. The zero-order valence-corrected chi connectivity index (χ0v) is 11.1. The fraction of sp³-hybridized carbons (Fsp3) is 0.533. The van der Waals surface area contributed by atoms with Crippen LogP contribution in [0.1, 0.15) is 36.0 Å². The average Bonchev–Trinajstić information content (AvgIpc) is 3.23. The van der Waals surface area contributed by atoms with Crippen molar-refractivity contribution in [2.45, 2.75) is 25.7 Å². The molecule has 3 rings (SSSR count). The van der Waals surface area contributed by atoms with Crippen LogP contribution in [0.2, 0.25) is 0 Å². The Kier molecular flexibility index (Phi) is 3.09. The summed E-state index contributed by atoms with van der Waals surface area (Å²) >= 11 is 0. The third kappa shape index (κ3) is 3.00. The van der Waals surface area contributed by atoms with Gasteiger partial charge in [-0.1, -0.05) is 0 Å². The van der Waals surface area contributed by atoms with Crippen LogP contribution in [-0.4, -0.2) is 19.0 Å². The molecule has 0 saturated heterocycles. The predicted molar refractivity (Wildman–Crippen MR) is 77.0 cm³/mol. The highest BCUT2D eigenvalue weighted by Crippen LogP contribution is 2.36. The van der Waals surface area contributed by atoms with Gasteiger partial charge in [0.1, 0.15) is 0 Å². The largest absolute Gasteiger partial charge is 0.399 e. The Hall–Kier alpha value is -1.71. The first-order valence-electron chi connectivity index (χ1n) is 7.08. The summed E-state index contributed by atoms with van der Waals surface area (Å²) in [5.74, 6) is 1.19. The molecule has 4 nitrogen and oxygen atoms in total. The van der Waals surface area contributed by atoms with Crippen LogP contribution in [0.25, 0.3) is 0 Å². The topological polar surface area (TPSA) is 72.3 Å². The number of nitrogens with two attached hydrogens (primary N) is 2. The van der Waals surface area contributed by atoms with E-state index in [1.54, 1.807) is 6.07 Å². The Bertz CT molecular complexity index is 478. The minimum absolute atomic E-state index is 0.390. The summed E-state index contributed by atoms with van der Waals surface area (Å²) in [4.78, 5) is 14.0. The summed E-state index contributed by atoms with van der Waals surface area (Å²) < 4.78 is 0. The lowest BCUT2D eigenvalue weighted by molar-refractivity contribution is 0.100. The molecule has 0 heterocycles. The molecule has 0 atom stereocenters. The van der Waals surface area contributed by atoms with Crippen molar-refractivity contribution in [2.24, 2.45) is 17.6 Å². The van der Waals surface area contributed by atoms with E-state index in [4.69, 9.17) is 11.5 Å². The Labute approximate surface area is 113 Å². The summed E-state index contributed by atoms with van der Waals surface area (Å²) in [5.41, 5.74) is 13.4. The maximum atomic E-state index is 11.6. The first kappa shape index (κ1) is 12.3. The normalized spacial score (nSPS) is 18.3. The smallest absolute Gasteiger partial charge is 0.250 e. The van der Waals surface area contributed by atoms with Crippen LogP contribution < -0.4 is 16.4 Å². The van der Waals surface area contributed by atoms with E-state index in [1.807, 2.05) is 12.1 Å².